The predicted octanol–water partition coefficient (Wildman–Crippen LogP) is -1.66. The van der Waals surface area contributed by atoms with Crippen LogP contribution in [-0.2, 0) is 24.3 Å². The SMILES string of the molecule is [CH2]C(=O)O.[KH].[MgH2].[Zn]. The molecule has 2 nitrogen and oxygen atoms in total. The van der Waals surface area contributed by atoms with Gasteiger partial charge in [0.25, 0.3) is 0 Å². The summed E-state index contributed by atoms with van der Waals surface area (Å²) in [4.78, 5) is 8.89. The molecule has 0 bridgehead atoms. The van der Waals surface area contributed by atoms with Gasteiger partial charge in [-0.25, -0.2) is 0 Å². The first-order valence-electron chi connectivity index (χ1n) is 0.781. The van der Waals surface area contributed by atoms with Gasteiger partial charge in [-0.2, -0.15) is 0 Å². The largest absolute Gasteiger partial charge is 0.316 e. The maximum absolute atomic E-state index is 8.89. The van der Waals surface area contributed by atoms with E-state index in [9.17, 15) is 0 Å². The minimum atomic E-state index is -1.08. The second-order valence-electron chi connectivity index (χ2n) is 0.394. The number of rotatable bonds is 0. The van der Waals surface area contributed by atoms with E-state index in [0.29, 0.717) is 0 Å². The van der Waals surface area contributed by atoms with E-state index in [1.807, 2.05) is 0 Å². The number of hydrogen-bond acceptors (Lipinski definition) is 1. The first-order chi connectivity index (χ1) is 1.73. The quantitative estimate of drug-likeness (QED) is 0.465. The fraction of sp³-hybridized carbons (Fsp3) is 0. The van der Waals surface area contributed by atoms with Gasteiger partial charge in [0, 0.05) is 19.5 Å². The summed E-state index contributed by atoms with van der Waals surface area (Å²) < 4.78 is 0. The molecule has 5 heteroatoms. The summed E-state index contributed by atoms with van der Waals surface area (Å²) in [5, 5.41) is 7.31. The van der Waals surface area contributed by atoms with Crippen LogP contribution in [0.4, 0.5) is 0 Å². The average Bonchev–Trinajstić information content (AvgIpc) is 0.811. The molecule has 0 aliphatic carbocycles. The Hall–Kier alpha value is 2.50. The van der Waals surface area contributed by atoms with Crippen LogP contribution in [0, 0.1) is 6.92 Å². The molecule has 0 aromatic rings. The molecule has 0 fully saturated rings. The Morgan fingerprint density at radius 2 is 1.57 bits per heavy atom. The Bertz CT molecular complexity index is 38.7. The van der Waals surface area contributed by atoms with Gasteiger partial charge in [-0.05, 0) is 0 Å². The first kappa shape index (κ1) is 22.7. The van der Waals surface area contributed by atoms with E-state index in [1.165, 1.54) is 0 Å². The van der Waals surface area contributed by atoms with Crippen molar-refractivity contribution in [1.29, 1.82) is 0 Å². The van der Waals surface area contributed by atoms with Crippen LogP contribution in [0.1, 0.15) is 0 Å². The maximum Gasteiger partial charge on any atom is 0.316 e. The van der Waals surface area contributed by atoms with E-state index < -0.39 is 5.97 Å². The van der Waals surface area contributed by atoms with Crippen molar-refractivity contribution in [2.24, 2.45) is 0 Å². The molecule has 0 aliphatic heterocycles. The van der Waals surface area contributed by atoms with Gasteiger partial charge in [0.15, 0.2) is 0 Å². The van der Waals surface area contributed by atoms with E-state index in [1.54, 1.807) is 0 Å². The van der Waals surface area contributed by atoms with Crippen LogP contribution < -0.4 is 0 Å². The zero-order chi connectivity index (χ0) is 3.58. The van der Waals surface area contributed by atoms with Gasteiger partial charge >= 0.3 is 80.4 Å². The molecule has 0 heterocycles. The molecule has 0 unspecified atom stereocenters. The summed E-state index contributed by atoms with van der Waals surface area (Å²) in [6.07, 6.45) is 0. The van der Waals surface area contributed by atoms with Crippen molar-refractivity contribution in [1.82, 2.24) is 0 Å². The third-order valence-corrected chi connectivity index (χ3v) is 0. The minimum Gasteiger partial charge on any atom is 0 e. The number of carbonyl (C=O) groups is 1. The second kappa shape index (κ2) is 15.8. The molecule has 0 saturated carbocycles. The zero-order valence-electron chi connectivity index (χ0n) is 2.77. The van der Waals surface area contributed by atoms with Gasteiger partial charge in [0.05, 0.1) is 6.92 Å². The molecule has 0 aromatic heterocycles. The molecule has 0 saturated heterocycles. The Balaban J connectivity index is -0.0000000150. The molecular formula is C2H6KMgO2Zn. The average molecular weight is 191 g/mol. The van der Waals surface area contributed by atoms with Gasteiger partial charge in [-0.15, -0.1) is 0 Å². The molecule has 7 heavy (non-hydrogen) atoms. The summed E-state index contributed by atoms with van der Waals surface area (Å²) in [5.41, 5.74) is 0. The Labute approximate surface area is 114 Å². The van der Waals surface area contributed by atoms with Crippen LogP contribution >= 0.6 is 0 Å². The topological polar surface area (TPSA) is 37.3 Å². The van der Waals surface area contributed by atoms with Crippen LogP contribution in [0.2, 0.25) is 0 Å². The minimum absolute atomic E-state index is 0. The summed E-state index contributed by atoms with van der Waals surface area (Å²) in [6.45, 7) is 2.56. The molecule has 0 aromatic carbocycles. The number of carboxylic acid groups (broad SMARTS) is 1. The number of hydrogen-bond donors (Lipinski definition) is 1. The molecule has 31 valence electrons. The maximum atomic E-state index is 8.89. The summed E-state index contributed by atoms with van der Waals surface area (Å²) in [7, 11) is 0. The van der Waals surface area contributed by atoms with Crippen molar-refractivity contribution in [3.63, 3.8) is 0 Å². The Kier molecular flexibility index (Phi) is 51.2. The van der Waals surface area contributed by atoms with Crippen LogP contribution in [0.25, 0.3) is 0 Å². The van der Waals surface area contributed by atoms with E-state index in [-0.39, 0.29) is 93.9 Å². The third kappa shape index (κ3) is 57.5. The summed E-state index contributed by atoms with van der Waals surface area (Å²) in [5.74, 6) is -1.08. The standard InChI is InChI=1S/C2H3O2.K.Mg.Zn.3H/c1-2(3)4;;;;;;/h1H2,(H,3,4);;;;;;. The first-order valence-corrected chi connectivity index (χ1v) is 0.781. The monoisotopic (exact) mass is 189 g/mol. The molecule has 0 rings (SSSR count). The number of aliphatic carboxylic acids is 1. The van der Waals surface area contributed by atoms with Gasteiger partial charge in [-0.3, -0.25) is 4.79 Å². The van der Waals surface area contributed by atoms with Crippen LogP contribution in [0.5, 0.6) is 0 Å². The molecule has 1 N–H and O–H groups in total. The van der Waals surface area contributed by atoms with E-state index in [2.05, 4.69) is 6.92 Å². The molecule has 0 spiro atoms. The van der Waals surface area contributed by atoms with Crippen molar-refractivity contribution in [2.75, 3.05) is 0 Å². The van der Waals surface area contributed by atoms with Crippen molar-refractivity contribution in [2.45, 2.75) is 0 Å². The van der Waals surface area contributed by atoms with Crippen molar-refractivity contribution in [3.8, 4) is 0 Å². The number of carboxylic acids is 1. The summed E-state index contributed by atoms with van der Waals surface area (Å²) >= 11 is 0. The van der Waals surface area contributed by atoms with Crippen LogP contribution in [-0.4, -0.2) is 85.5 Å². The normalized spacial score (nSPS) is 3.57. The van der Waals surface area contributed by atoms with Crippen molar-refractivity contribution in [3.05, 3.63) is 6.92 Å². The molecule has 0 atom stereocenters. The van der Waals surface area contributed by atoms with Crippen LogP contribution in [0.3, 0.4) is 0 Å². The Morgan fingerprint density at radius 3 is 1.57 bits per heavy atom. The second-order valence-corrected chi connectivity index (χ2v) is 0.394. The van der Waals surface area contributed by atoms with Crippen LogP contribution in [0.15, 0.2) is 0 Å². The smallest absolute Gasteiger partial charge is 0 e. The summed E-state index contributed by atoms with van der Waals surface area (Å²) in [6, 6.07) is 0. The van der Waals surface area contributed by atoms with E-state index in [0.717, 1.165) is 0 Å². The molecule has 1 radical (unpaired) electrons. The Morgan fingerprint density at radius 1 is 1.57 bits per heavy atom. The van der Waals surface area contributed by atoms with Gasteiger partial charge in [0.1, 0.15) is 0 Å². The molecule has 0 aliphatic rings. The molecule has 0 amide bonds. The van der Waals surface area contributed by atoms with E-state index in [4.69, 9.17) is 9.90 Å². The van der Waals surface area contributed by atoms with Gasteiger partial charge < -0.3 is 5.11 Å². The van der Waals surface area contributed by atoms with E-state index >= 15 is 0 Å². The van der Waals surface area contributed by atoms with Gasteiger partial charge in [-0.1, -0.05) is 0 Å². The fourth-order valence-electron chi connectivity index (χ4n) is 0. The fourth-order valence-corrected chi connectivity index (χ4v) is 0. The predicted molar refractivity (Wildman–Crippen MR) is 28.7 cm³/mol. The molecular weight excluding hydrogens is 185 g/mol. The van der Waals surface area contributed by atoms with Crippen molar-refractivity contribution >= 4 is 80.4 Å². The van der Waals surface area contributed by atoms with Gasteiger partial charge in [0.2, 0.25) is 0 Å². The third-order valence-electron chi connectivity index (χ3n) is 0. The zero-order valence-corrected chi connectivity index (χ0v) is 5.74. The van der Waals surface area contributed by atoms with Crippen molar-refractivity contribution < 1.29 is 29.4 Å².